The van der Waals surface area contributed by atoms with Crippen LogP contribution in [-0.2, 0) is 14.8 Å². The van der Waals surface area contributed by atoms with Gasteiger partial charge in [0.25, 0.3) is 10.0 Å². The number of nitriles is 1. The van der Waals surface area contributed by atoms with E-state index < -0.39 is 45.9 Å². The van der Waals surface area contributed by atoms with Crippen molar-refractivity contribution in [2.45, 2.75) is 50.6 Å². The molecule has 2 aromatic carbocycles. The Labute approximate surface area is 233 Å². The number of nitrogens with zero attached hydrogens (tertiary/aromatic N) is 2. The number of piperidine rings is 1. The third kappa shape index (κ3) is 5.78. The Morgan fingerprint density at radius 1 is 1.02 bits per heavy atom. The number of furan rings is 1. The Kier molecular flexibility index (Phi) is 8.28. The zero-order chi connectivity index (χ0) is 28.4. The maximum atomic E-state index is 13.0. The SMILES string of the molecule is C/C(=C(/C#N)S(=O)(=O)NC[C@H]1OC[C@H](O)[C@@H](O)[C@@H]1O)c1ccc(-c2ccc3cc(N4CCCCC4)ccc3c2)o1. The Morgan fingerprint density at radius 3 is 2.50 bits per heavy atom. The minimum absolute atomic E-state index is 0.119. The predicted octanol–water partition coefficient (Wildman–Crippen LogP) is 2.75. The molecule has 0 saturated carbocycles. The molecule has 3 aromatic rings. The van der Waals surface area contributed by atoms with Crippen molar-refractivity contribution in [3.05, 3.63) is 59.2 Å². The molecule has 2 fully saturated rings. The fourth-order valence-corrected chi connectivity index (χ4v) is 6.35. The first-order valence-electron chi connectivity index (χ1n) is 13.3. The summed E-state index contributed by atoms with van der Waals surface area (Å²) in [5.74, 6) is 0.759. The zero-order valence-electron chi connectivity index (χ0n) is 22.2. The average molecular weight is 568 g/mol. The van der Waals surface area contributed by atoms with E-state index >= 15 is 0 Å². The Morgan fingerprint density at radius 2 is 1.75 bits per heavy atom. The first-order chi connectivity index (χ1) is 19.2. The van der Waals surface area contributed by atoms with Gasteiger partial charge >= 0.3 is 0 Å². The average Bonchev–Trinajstić information content (AvgIpc) is 3.46. The number of anilines is 1. The van der Waals surface area contributed by atoms with Gasteiger partial charge in [-0.25, -0.2) is 13.1 Å². The monoisotopic (exact) mass is 567 g/mol. The van der Waals surface area contributed by atoms with Crippen LogP contribution in [0.5, 0.6) is 0 Å². The van der Waals surface area contributed by atoms with Crippen molar-refractivity contribution in [2.75, 3.05) is 31.1 Å². The highest BCUT2D eigenvalue weighted by atomic mass is 32.2. The highest BCUT2D eigenvalue weighted by Crippen LogP contribution is 2.32. The van der Waals surface area contributed by atoms with E-state index in [9.17, 15) is 29.0 Å². The molecule has 0 aliphatic carbocycles. The van der Waals surface area contributed by atoms with Crippen molar-refractivity contribution in [1.82, 2.24) is 4.72 Å². The van der Waals surface area contributed by atoms with E-state index in [0.29, 0.717) is 5.76 Å². The van der Waals surface area contributed by atoms with Gasteiger partial charge in [0, 0.05) is 36.5 Å². The van der Waals surface area contributed by atoms with E-state index in [2.05, 4.69) is 27.8 Å². The van der Waals surface area contributed by atoms with Crippen LogP contribution in [0, 0.1) is 11.3 Å². The Hall–Kier alpha value is -3.24. The van der Waals surface area contributed by atoms with Gasteiger partial charge in [0.15, 0.2) is 4.91 Å². The number of hydrogen-bond donors (Lipinski definition) is 4. The van der Waals surface area contributed by atoms with Gasteiger partial charge in [0.1, 0.15) is 35.9 Å². The summed E-state index contributed by atoms with van der Waals surface area (Å²) >= 11 is 0. The molecule has 0 unspecified atom stereocenters. The van der Waals surface area contributed by atoms with E-state index in [-0.39, 0.29) is 17.9 Å². The fraction of sp³-hybridized carbons (Fsp3) is 0.414. The number of fused-ring (bicyclic) bond motifs is 1. The number of aliphatic hydroxyl groups excluding tert-OH is 3. The lowest BCUT2D eigenvalue weighted by Crippen LogP contribution is -2.56. The molecule has 2 saturated heterocycles. The maximum Gasteiger partial charge on any atom is 0.251 e. The fourth-order valence-electron chi connectivity index (χ4n) is 5.20. The molecular weight excluding hydrogens is 534 g/mol. The van der Waals surface area contributed by atoms with Crippen molar-refractivity contribution in [2.24, 2.45) is 0 Å². The standard InChI is InChI=1S/C29H33N3O7S/c1-18(27(15-30)40(36,37)31-16-26-29(35)28(34)23(33)17-38-26)24-9-10-25(39-24)21-6-5-20-14-22(8-7-19(20)13-21)32-11-3-2-4-12-32/h5-10,13-14,23,26,28-29,31,33-35H,2-4,11-12,16-17H2,1H3/b27-18+/t23-,26+,28+,29+/m0/s1. The summed E-state index contributed by atoms with van der Waals surface area (Å²) in [5.41, 5.74) is 2.16. The molecule has 1 aromatic heterocycles. The van der Waals surface area contributed by atoms with Crippen LogP contribution in [0.2, 0.25) is 0 Å². The van der Waals surface area contributed by atoms with Gasteiger partial charge in [-0.05, 0) is 67.3 Å². The molecule has 5 rings (SSSR count). The minimum atomic E-state index is -4.30. The number of allylic oxidation sites excluding steroid dienone is 2. The van der Waals surface area contributed by atoms with Crippen molar-refractivity contribution < 1.29 is 32.9 Å². The quantitative estimate of drug-likeness (QED) is 0.315. The van der Waals surface area contributed by atoms with Gasteiger partial charge in [-0.15, -0.1) is 0 Å². The van der Waals surface area contributed by atoms with E-state index in [1.54, 1.807) is 18.2 Å². The lowest BCUT2D eigenvalue weighted by atomic mass is 10.0. The van der Waals surface area contributed by atoms with Gasteiger partial charge in [-0.2, -0.15) is 5.26 Å². The van der Waals surface area contributed by atoms with Gasteiger partial charge in [-0.1, -0.05) is 18.2 Å². The molecule has 0 radical (unpaired) electrons. The minimum Gasteiger partial charge on any atom is -0.456 e. The lowest BCUT2D eigenvalue weighted by Gasteiger charge is -2.35. The molecule has 0 spiro atoms. The molecule has 0 bridgehead atoms. The number of hydrogen-bond acceptors (Lipinski definition) is 9. The second-order valence-electron chi connectivity index (χ2n) is 10.3. The number of aliphatic hydroxyl groups is 3. The largest absolute Gasteiger partial charge is 0.456 e. The third-order valence-corrected chi connectivity index (χ3v) is 9.08. The molecule has 4 atom stereocenters. The summed E-state index contributed by atoms with van der Waals surface area (Å²) in [7, 11) is -4.30. The van der Waals surface area contributed by atoms with E-state index in [1.165, 1.54) is 31.9 Å². The van der Waals surface area contributed by atoms with Gasteiger partial charge in [-0.3, -0.25) is 0 Å². The van der Waals surface area contributed by atoms with Crippen LogP contribution in [0.15, 0.2) is 57.9 Å². The number of rotatable bonds is 7. The lowest BCUT2D eigenvalue weighted by molar-refractivity contribution is -0.184. The molecule has 40 heavy (non-hydrogen) atoms. The first-order valence-corrected chi connectivity index (χ1v) is 14.8. The molecule has 10 nitrogen and oxygen atoms in total. The van der Waals surface area contributed by atoms with Crippen molar-refractivity contribution in [3.63, 3.8) is 0 Å². The summed E-state index contributed by atoms with van der Waals surface area (Å²) in [6.07, 6.45) is -1.62. The molecule has 3 heterocycles. The van der Waals surface area contributed by atoms with Crippen molar-refractivity contribution >= 4 is 32.1 Å². The summed E-state index contributed by atoms with van der Waals surface area (Å²) < 4.78 is 39.4. The highest BCUT2D eigenvalue weighted by molar-refractivity contribution is 7.93. The van der Waals surface area contributed by atoms with E-state index in [0.717, 1.165) is 29.4 Å². The third-order valence-electron chi connectivity index (χ3n) is 7.60. The van der Waals surface area contributed by atoms with Crippen LogP contribution < -0.4 is 9.62 Å². The Balaban J connectivity index is 1.33. The molecule has 11 heteroatoms. The second kappa shape index (κ2) is 11.7. The predicted molar refractivity (Wildman–Crippen MR) is 151 cm³/mol. The van der Waals surface area contributed by atoms with Gasteiger partial charge in [0.2, 0.25) is 0 Å². The topological polar surface area (TPSA) is 156 Å². The molecule has 2 aliphatic rings. The van der Waals surface area contributed by atoms with Crippen LogP contribution in [0.25, 0.3) is 27.7 Å². The normalized spacial score (nSPS) is 24.5. The summed E-state index contributed by atoms with van der Waals surface area (Å²) in [6, 6.07) is 17.5. The Bertz CT molecular complexity index is 1550. The van der Waals surface area contributed by atoms with Crippen LogP contribution in [0.1, 0.15) is 31.9 Å². The van der Waals surface area contributed by atoms with Crippen molar-refractivity contribution in [1.29, 1.82) is 5.26 Å². The van der Waals surface area contributed by atoms with E-state index in [4.69, 9.17) is 9.15 Å². The highest BCUT2D eigenvalue weighted by Gasteiger charge is 2.38. The number of sulfonamides is 1. The number of ether oxygens (including phenoxy) is 1. The molecule has 0 amide bonds. The summed E-state index contributed by atoms with van der Waals surface area (Å²) in [5, 5.41) is 41.3. The van der Waals surface area contributed by atoms with Crippen LogP contribution in [0.4, 0.5) is 5.69 Å². The summed E-state index contributed by atoms with van der Waals surface area (Å²) in [4.78, 5) is 1.88. The number of nitrogens with one attached hydrogen (secondary N) is 1. The van der Waals surface area contributed by atoms with Crippen molar-refractivity contribution in [3.8, 4) is 17.4 Å². The van der Waals surface area contributed by atoms with Crippen LogP contribution >= 0.6 is 0 Å². The second-order valence-corrected chi connectivity index (χ2v) is 12.0. The maximum absolute atomic E-state index is 13.0. The van der Waals surface area contributed by atoms with Gasteiger partial charge < -0.3 is 29.4 Å². The first kappa shape index (κ1) is 28.3. The number of benzene rings is 2. The zero-order valence-corrected chi connectivity index (χ0v) is 23.0. The molecule has 212 valence electrons. The molecule has 4 N–H and O–H groups in total. The van der Waals surface area contributed by atoms with Crippen LogP contribution in [-0.4, -0.2) is 74.4 Å². The smallest absolute Gasteiger partial charge is 0.251 e. The molecular formula is C29H33N3O7S. The van der Waals surface area contributed by atoms with Gasteiger partial charge in [0.05, 0.1) is 12.7 Å². The summed E-state index contributed by atoms with van der Waals surface area (Å²) in [6.45, 7) is 2.98. The van der Waals surface area contributed by atoms with E-state index in [1.807, 2.05) is 18.2 Å². The van der Waals surface area contributed by atoms with Crippen LogP contribution in [0.3, 0.4) is 0 Å². The molecule has 2 aliphatic heterocycles.